The maximum absolute atomic E-state index is 11.0. The van der Waals surface area contributed by atoms with Gasteiger partial charge in [-0.3, -0.25) is 9.79 Å². The summed E-state index contributed by atoms with van der Waals surface area (Å²) in [4.78, 5) is 15.2. The SMILES string of the molecule is CN=C(NCCCCCCC(=O)OC)NCCCCC(C)C. The van der Waals surface area contributed by atoms with Crippen molar-refractivity contribution in [2.75, 3.05) is 27.2 Å². The number of ether oxygens (including phenoxy) is 1. The Hall–Kier alpha value is -1.26. The maximum atomic E-state index is 11.0. The van der Waals surface area contributed by atoms with Gasteiger partial charge in [-0.2, -0.15) is 0 Å². The number of carbonyl (C=O) groups is 1. The summed E-state index contributed by atoms with van der Waals surface area (Å²) < 4.78 is 4.62. The summed E-state index contributed by atoms with van der Waals surface area (Å²) >= 11 is 0. The number of methoxy groups -OCH3 is 1. The van der Waals surface area contributed by atoms with Crippen LogP contribution in [-0.4, -0.2) is 39.2 Å². The van der Waals surface area contributed by atoms with Crippen LogP contribution in [-0.2, 0) is 9.53 Å². The first kappa shape index (κ1) is 20.7. The van der Waals surface area contributed by atoms with E-state index in [4.69, 9.17) is 0 Å². The molecule has 0 unspecified atom stereocenters. The largest absolute Gasteiger partial charge is 0.469 e. The number of unbranched alkanes of at least 4 members (excludes halogenated alkanes) is 4. The van der Waals surface area contributed by atoms with Gasteiger partial charge in [0.2, 0.25) is 0 Å². The second-order valence-electron chi connectivity index (χ2n) is 6.06. The molecule has 130 valence electrons. The van der Waals surface area contributed by atoms with E-state index in [1.165, 1.54) is 26.4 Å². The molecule has 0 radical (unpaired) electrons. The van der Waals surface area contributed by atoms with Gasteiger partial charge >= 0.3 is 5.97 Å². The summed E-state index contributed by atoms with van der Waals surface area (Å²) in [6.45, 7) is 6.42. The van der Waals surface area contributed by atoms with Crippen LogP contribution in [0.4, 0.5) is 0 Å². The number of guanidine groups is 1. The predicted octanol–water partition coefficient (Wildman–Crippen LogP) is 3.10. The number of hydrogen-bond donors (Lipinski definition) is 2. The van der Waals surface area contributed by atoms with Gasteiger partial charge in [0, 0.05) is 26.6 Å². The van der Waals surface area contributed by atoms with E-state index in [-0.39, 0.29) is 5.97 Å². The minimum atomic E-state index is -0.111. The number of hydrogen-bond acceptors (Lipinski definition) is 3. The Balaban J connectivity index is 3.45. The zero-order chi connectivity index (χ0) is 16.6. The fourth-order valence-electron chi connectivity index (χ4n) is 2.16. The molecule has 0 aromatic carbocycles. The highest BCUT2D eigenvalue weighted by atomic mass is 16.5. The summed E-state index contributed by atoms with van der Waals surface area (Å²) in [6, 6.07) is 0. The van der Waals surface area contributed by atoms with Crippen molar-refractivity contribution < 1.29 is 9.53 Å². The fourth-order valence-corrected chi connectivity index (χ4v) is 2.16. The van der Waals surface area contributed by atoms with Crippen LogP contribution in [0.15, 0.2) is 4.99 Å². The molecule has 0 spiro atoms. The maximum Gasteiger partial charge on any atom is 0.305 e. The van der Waals surface area contributed by atoms with Crippen LogP contribution < -0.4 is 10.6 Å². The van der Waals surface area contributed by atoms with Crippen LogP contribution in [0, 0.1) is 5.92 Å². The third kappa shape index (κ3) is 13.7. The molecule has 0 aliphatic carbocycles. The van der Waals surface area contributed by atoms with Gasteiger partial charge in [0.05, 0.1) is 7.11 Å². The zero-order valence-corrected chi connectivity index (χ0v) is 14.9. The molecule has 0 saturated heterocycles. The Labute approximate surface area is 136 Å². The van der Waals surface area contributed by atoms with E-state index in [1.807, 2.05) is 0 Å². The number of rotatable bonds is 12. The standard InChI is InChI=1S/C17H35N3O2/c1-15(2)11-8-10-14-20-17(18-3)19-13-9-6-5-7-12-16(21)22-4/h15H,5-14H2,1-4H3,(H2,18,19,20). The number of carbonyl (C=O) groups excluding carboxylic acids is 1. The molecule has 5 heteroatoms. The van der Waals surface area contributed by atoms with E-state index >= 15 is 0 Å². The molecule has 0 aliphatic rings. The molecule has 0 aromatic heterocycles. The summed E-state index contributed by atoms with van der Waals surface area (Å²) in [5.74, 6) is 1.57. The monoisotopic (exact) mass is 313 g/mol. The first-order valence-electron chi connectivity index (χ1n) is 8.61. The lowest BCUT2D eigenvalue weighted by molar-refractivity contribution is -0.140. The van der Waals surface area contributed by atoms with E-state index in [9.17, 15) is 4.79 Å². The molecule has 0 bridgehead atoms. The molecule has 0 saturated carbocycles. The predicted molar refractivity (Wildman–Crippen MR) is 93.2 cm³/mol. The average molecular weight is 313 g/mol. The highest BCUT2D eigenvalue weighted by Crippen LogP contribution is 2.05. The van der Waals surface area contributed by atoms with E-state index < -0.39 is 0 Å². The number of nitrogens with one attached hydrogen (secondary N) is 2. The second-order valence-corrected chi connectivity index (χ2v) is 6.06. The lowest BCUT2D eigenvalue weighted by Crippen LogP contribution is -2.38. The summed E-state index contributed by atoms with van der Waals surface area (Å²) in [7, 11) is 3.24. The van der Waals surface area contributed by atoms with Crippen molar-refractivity contribution in [1.29, 1.82) is 0 Å². The van der Waals surface area contributed by atoms with E-state index in [0.29, 0.717) is 6.42 Å². The molecule has 5 nitrogen and oxygen atoms in total. The smallest absolute Gasteiger partial charge is 0.305 e. The van der Waals surface area contributed by atoms with E-state index in [2.05, 4.69) is 34.2 Å². The first-order chi connectivity index (χ1) is 10.6. The highest BCUT2D eigenvalue weighted by Gasteiger charge is 2.00. The van der Waals surface area contributed by atoms with E-state index in [1.54, 1.807) is 7.05 Å². The third-order valence-electron chi connectivity index (χ3n) is 3.55. The Morgan fingerprint density at radius 3 is 2.14 bits per heavy atom. The van der Waals surface area contributed by atoms with Crippen molar-refractivity contribution in [3.63, 3.8) is 0 Å². The molecule has 2 N–H and O–H groups in total. The Kier molecular flexibility index (Phi) is 13.8. The number of esters is 1. The molecule has 22 heavy (non-hydrogen) atoms. The topological polar surface area (TPSA) is 62.7 Å². The van der Waals surface area contributed by atoms with Gasteiger partial charge in [0.1, 0.15) is 0 Å². The fraction of sp³-hybridized carbons (Fsp3) is 0.882. The van der Waals surface area contributed by atoms with Crippen molar-refractivity contribution in [3.8, 4) is 0 Å². The van der Waals surface area contributed by atoms with Crippen LogP contribution in [0.1, 0.15) is 65.2 Å². The number of aliphatic imine (C=N–C) groups is 1. The van der Waals surface area contributed by atoms with E-state index in [0.717, 1.165) is 50.7 Å². The minimum Gasteiger partial charge on any atom is -0.469 e. The minimum absolute atomic E-state index is 0.111. The molecular formula is C17H35N3O2. The average Bonchev–Trinajstić information content (AvgIpc) is 2.50. The van der Waals surface area contributed by atoms with Gasteiger partial charge in [-0.1, -0.05) is 39.5 Å². The Bertz CT molecular complexity index is 304. The van der Waals surface area contributed by atoms with Crippen LogP contribution in [0.3, 0.4) is 0 Å². The molecule has 0 atom stereocenters. The van der Waals surface area contributed by atoms with Gasteiger partial charge in [0.15, 0.2) is 5.96 Å². The van der Waals surface area contributed by atoms with Crippen molar-refractivity contribution >= 4 is 11.9 Å². The highest BCUT2D eigenvalue weighted by molar-refractivity contribution is 5.79. The quantitative estimate of drug-likeness (QED) is 0.251. The molecule has 0 aromatic rings. The lowest BCUT2D eigenvalue weighted by Gasteiger charge is -2.12. The van der Waals surface area contributed by atoms with Crippen molar-refractivity contribution in [3.05, 3.63) is 0 Å². The zero-order valence-electron chi connectivity index (χ0n) is 14.9. The Morgan fingerprint density at radius 1 is 1.00 bits per heavy atom. The van der Waals surface area contributed by atoms with Crippen molar-refractivity contribution in [1.82, 2.24) is 10.6 Å². The third-order valence-corrected chi connectivity index (χ3v) is 3.55. The first-order valence-corrected chi connectivity index (χ1v) is 8.61. The molecule has 0 aliphatic heterocycles. The molecule has 0 heterocycles. The summed E-state index contributed by atoms with van der Waals surface area (Å²) in [6.07, 6.45) is 8.47. The van der Waals surface area contributed by atoms with Gasteiger partial charge in [0.25, 0.3) is 0 Å². The molecular weight excluding hydrogens is 278 g/mol. The Morgan fingerprint density at radius 2 is 1.59 bits per heavy atom. The molecule has 0 fully saturated rings. The van der Waals surface area contributed by atoms with Crippen molar-refractivity contribution in [2.24, 2.45) is 10.9 Å². The lowest BCUT2D eigenvalue weighted by atomic mass is 10.1. The molecule has 0 amide bonds. The van der Waals surface area contributed by atoms with Gasteiger partial charge in [-0.05, 0) is 25.2 Å². The normalized spacial score (nSPS) is 11.6. The number of nitrogens with zero attached hydrogens (tertiary/aromatic N) is 1. The second kappa shape index (κ2) is 14.7. The van der Waals surface area contributed by atoms with Crippen LogP contribution >= 0.6 is 0 Å². The van der Waals surface area contributed by atoms with Gasteiger partial charge in [-0.25, -0.2) is 0 Å². The van der Waals surface area contributed by atoms with Crippen LogP contribution in [0.5, 0.6) is 0 Å². The van der Waals surface area contributed by atoms with Crippen LogP contribution in [0.25, 0.3) is 0 Å². The van der Waals surface area contributed by atoms with Gasteiger partial charge < -0.3 is 15.4 Å². The van der Waals surface area contributed by atoms with Gasteiger partial charge in [-0.15, -0.1) is 0 Å². The summed E-state index contributed by atoms with van der Waals surface area (Å²) in [5, 5.41) is 6.67. The molecule has 0 rings (SSSR count). The summed E-state index contributed by atoms with van der Waals surface area (Å²) in [5.41, 5.74) is 0. The van der Waals surface area contributed by atoms with Crippen LogP contribution in [0.2, 0.25) is 0 Å². The van der Waals surface area contributed by atoms with Crippen molar-refractivity contribution in [2.45, 2.75) is 65.2 Å².